The number of rotatable bonds is 7. The summed E-state index contributed by atoms with van der Waals surface area (Å²) in [6.45, 7) is 1.98. The maximum absolute atomic E-state index is 16.2. The number of hydrogen-bond donors (Lipinski definition) is 3. The number of amides is 1. The van der Waals surface area contributed by atoms with Gasteiger partial charge in [-0.1, -0.05) is 44.9 Å². The molecule has 10 atom stereocenters. The van der Waals surface area contributed by atoms with Crippen LogP contribution in [0.25, 0.3) is 0 Å². The first-order chi connectivity index (χ1) is 20.8. The number of Topliss-reactive ketones (excluding diaryl/α,β-unsaturated/α-hetero) is 1. The molecule has 8 nitrogen and oxygen atoms in total. The Bertz CT molecular complexity index is 1080. The van der Waals surface area contributed by atoms with Crippen LogP contribution < -0.4 is 10.6 Å². The number of carbonyl (C=O) groups excluding carboxylic acids is 2. The molecular weight excluding hydrogens is 547 g/mol. The van der Waals surface area contributed by atoms with E-state index in [2.05, 4.69) is 27.5 Å². The Morgan fingerprint density at radius 3 is 2.58 bits per heavy atom. The van der Waals surface area contributed by atoms with E-state index in [1.165, 1.54) is 32.1 Å². The van der Waals surface area contributed by atoms with Gasteiger partial charge in [-0.3, -0.25) is 9.59 Å². The van der Waals surface area contributed by atoms with Gasteiger partial charge in [-0.25, -0.2) is 4.39 Å². The summed E-state index contributed by atoms with van der Waals surface area (Å²) in [5, 5.41) is 17.7. The zero-order chi connectivity index (χ0) is 29.7. The molecule has 10 unspecified atom stereocenters. The zero-order valence-electron chi connectivity index (χ0n) is 26.0. The number of morpholine rings is 1. The summed E-state index contributed by atoms with van der Waals surface area (Å²) in [4.78, 5) is 32.1. The van der Waals surface area contributed by atoms with Crippen LogP contribution in [0.3, 0.4) is 0 Å². The number of nitrogens with one attached hydrogen (secondary N) is 2. The average Bonchev–Trinajstić information content (AvgIpc) is 3.41. The van der Waals surface area contributed by atoms with Gasteiger partial charge >= 0.3 is 0 Å². The quantitative estimate of drug-likeness (QED) is 0.386. The first kappa shape index (κ1) is 30.1. The minimum Gasteiger partial charge on any atom is -0.389 e. The smallest absolute Gasteiger partial charge is 0.256 e. The number of halogens is 1. The van der Waals surface area contributed by atoms with Crippen molar-refractivity contribution >= 4 is 11.7 Å². The highest BCUT2D eigenvalue weighted by atomic mass is 19.1. The molecule has 7 rings (SSSR count). The molecule has 9 heteroatoms. The molecule has 1 amide bonds. The number of carbonyl (C=O) groups is 2. The van der Waals surface area contributed by atoms with Gasteiger partial charge in [-0.2, -0.15) is 0 Å². The van der Waals surface area contributed by atoms with Crippen LogP contribution in [0, 0.1) is 17.8 Å². The molecule has 7 aliphatic rings. The SMILES string of the molecule is CN1CCCC1CCNC(=O)C1=CN2C3CC4CCCCC4CC3OC3C(NCC4(O)CCCCC4)C(F)CC(C1=O)C32. The van der Waals surface area contributed by atoms with Crippen LogP contribution in [-0.4, -0.2) is 101 Å². The van der Waals surface area contributed by atoms with Crippen LogP contribution in [-0.2, 0) is 14.3 Å². The van der Waals surface area contributed by atoms with Crippen molar-refractivity contribution in [1.29, 1.82) is 0 Å². The van der Waals surface area contributed by atoms with Crippen molar-refractivity contribution in [1.82, 2.24) is 20.4 Å². The predicted octanol–water partition coefficient (Wildman–Crippen LogP) is 3.47. The van der Waals surface area contributed by atoms with Crippen molar-refractivity contribution < 1.29 is 23.8 Å². The highest BCUT2D eigenvalue weighted by Crippen LogP contribution is 2.50. The van der Waals surface area contributed by atoms with Crippen LogP contribution in [0.2, 0.25) is 0 Å². The Morgan fingerprint density at radius 2 is 1.84 bits per heavy atom. The van der Waals surface area contributed by atoms with E-state index in [1.54, 1.807) is 0 Å². The molecular formula is C34H53FN4O4. The van der Waals surface area contributed by atoms with Crippen molar-refractivity contribution in [3.63, 3.8) is 0 Å². The normalized spacial score (nSPS) is 42.4. The molecule has 43 heavy (non-hydrogen) atoms. The Labute approximate surface area is 256 Å². The van der Waals surface area contributed by atoms with Gasteiger partial charge in [-0.15, -0.1) is 0 Å². The molecule has 3 aliphatic heterocycles. The summed E-state index contributed by atoms with van der Waals surface area (Å²) in [6.07, 6.45) is 14.9. The monoisotopic (exact) mass is 600 g/mol. The topological polar surface area (TPSA) is 94.1 Å². The lowest BCUT2D eigenvalue weighted by atomic mass is 9.65. The van der Waals surface area contributed by atoms with E-state index in [0.717, 1.165) is 64.3 Å². The molecule has 4 saturated carbocycles. The predicted molar refractivity (Wildman–Crippen MR) is 162 cm³/mol. The van der Waals surface area contributed by atoms with Crippen LogP contribution in [0.4, 0.5) is 4.39 Å². The lowest BCUT2D eigenvalue weighted by Crippen LogP contribution is -2.73. The Morgan fingerprint density at radius 1 is 1.07 bits per heavy atom. The van der Waals surface area contributed by atoms with E-state index in [0.29, 0.717) is 31.0 Å². The number of ketones is 1. The van der Waals surface area contributed by atoms with E-state index < -0.39 is 29.8 Å². The van der Waals surface area contributed by atoms with Gasteiger partial charge in [0.15, 0.2) is 5.78 Å². The number of ether oxygens (including phenoxy) is 1. The second kappa shape index (κ2) is 12.3. The Hall–Kier alpha value is -1.55. The van der Waals surface area contributed by atoms with Gasteiger partial charge in [0.1, 0.15) is 6.17 Å². The molecule has 0 bridgehead atoms. The fourth-order valence-corrected chi connectivity index (χ4v) is 10.2. The third-order valence-electron chi connectivity index (χ3n) is 12.6. The van der Waals surface area contributed by atoms with E-state index in [1.807, 2.05) is 6.20 Å². The van der Waals surface area contributed by atoms with Crippen molar-refractivity contribution in [3.05, 3.63) is 11.8 Å². The molecule has 3 N–H and O–H groups in total. The molecule has 0 spiro atoms. The molecule has 240 valence electrons. The van der Waals surface area contributed by atoms with Crippen molar-refractivity contribution in [2.45, 2.75) is 144 Å². The lowest BCUT2D eigenvalue weighted by molar-refractivity contribution is -0.209. The van der Waals surface area contributed by atoms with Crippen LogP contribution in [0.1, 0.15) is 96.3 Å². The van der Waals surface area contributed by atoms with E-state index >= 15 is 4.39 Å². The largest absolute Gasteiger partial charge is 0.389 e. The van der Waals surface area contributed by atoms with Gasteiger partial charge in [0.25, 0.3) is 5.91 Å². The molecule has 3 heterocycles. The fraction of sp³-hybridized carbons (Fsp3) is 0.882. The Kier molecular flexibility index (Phi) is 8.64. The van der Waals surface area contributed by atoms with E-state index in [-0.39, 0.29) is 41.9 Å². The molecule has 0 aromatic rings. The van der Waals surface area contributed by atoms with Crippen molar-refractivity contribution in [2.24, 2.45) is 17.8 Å². The number of nitrogens with zero attached hydrogens (tertiary/aromatic N) is 2. The van der Waals surface area contributed by atoms with Crippen molar-refractivity contribution in [3.8, 4) is 0 Å². The molecule has 2 saturated heterocycles. The zero-order valence-corrected chi connectivity index (χ0v) is 26.0. The maximum atomic E-state index is 16.2. The lowest BCUT2D eigenvalue weighted by Gasteiger charge is -2.61. The van der Waals surface area contributed by atoms with E-state index in [4.69, 9.17) is 4.74 Å². The van der Waals surface area contributed by atoms with Crippen LogP contribution in [0.5, 0.6) is 0 Å². The van der Waals surface area contributed by atoms with Gasteiger partial charge in [0, 0.05) is 31.2 Å². The van der Waals surface area contributed by atoms with Gasteiger partial charge in [0.05, 0.1) is 41.5 Å². The summed E-state index contributed by atoms with van der Waals surface area (Å²) in [6, 6.07) is -0.304. The Balaban J connectivity index is 1.14. The summed E-state index contributed by atoms with van der Waals surface area (Å²) in [5.74, 6) is 0.126. The second-order valence-corrected chi connectivity index (χ2v) is 15.2. The third-order valence-corrected chi connectivity index (χ3v) is 12.6. The highest BCUT2D eigenvalue weighted by molar-refractivity contribution is 6.20. The first-order valence-electron chi connectivity index (χ1n) is 17.6. The molecule has 6 fully saturated rings. The standard InChI is InChI=1S/C34H53FN4O4/c1-38-15-7-10-23(38)11-14-36-33(41)25-19-39-27-16-21-8-3-4-9-22(21)17-28(27)43-32-29(26(35)18-24(30(32)39)31(25)40)37-20-34(42)12-5-2-6-13-34/h19,21-24,26-30,32,37,42H,2-18,20H2,1H3,(H,36,41). The molecule has 0 radical (unpaired) electrons. The summed E-state index contributed by atoms with van der Waals surface area (Å²) in [7, 11) is 2.13. The van der Waals surface area contributed by atoms with Crippen molar-refractivity contribution in [2.75, 3.05) is 26.7 Å². The number of likely N-dealkylation sites (tertiary alicyclic amines) is 1. The number of fused-ring (bicyclic) bond motifs is 3. The summed E-state index contributed by atoms with van der Waals surface area (Å²) >= 11 is 0. The van der Waals surface area contributed by atoms with Gasteiger partial charge in [-0.05, 0) is 76.8 Å². The molecule has 4 aliphatic carbocycles. The second-order valence-electron chi connectivity index (χ2n) is 15.2. The van der Waals surface area contributed by atoms with Gasteiger partial charge < -0.3 is 30.3 Å². The van der Waals surface area contributed by atoms with Gasteiger partial charge in [0.2, 0.25) is 0 Å². The summed E-state index contributed by atoms with van der Waals surface area (Å²) in [5.41, 5.74) is -0.617. The number of alkyl halides is 1. The fourth-order valence-electron chi connectivity index (χ4n) is 10.2. The first-order valence-corrected chi connectivity index (χ1v) is 17.6. The number of hydrogen-bond acceptors (Lipinski definition) is 7. The van der Waals surface area contributed by atoms with Crippen LogP contribution >= 0.6 is 0 Å². The minimum atomic E-state index is -1.29. The molecule has 0 aromatic heterocycles. The summed E-state index contributed by atoms with van der Waals surface area (Å²) < 4.78 is 23.1. The minimum absolute atomic E-state index is 0.0414. The highest BCUT2D eigenvalue weighted by Gasteiger charge is 2.59. The number of aliphatic hydroxyl groups is 1. The maximum Gasteiger partial charge on any atom is 0.256 e. The van der Waals surface area contributed by atoms with Crippen LogP contribution in [0.15, 0.2) is 11.8 Å². The van der Waals surface area contributed by atoms with E-state index in [9.17, 15) is 14.7 Å². The average molecular weight is 601 g/mol. The molecule has 0 aromatic carbocycles. The third kappa shape index (κ3) is 5.81.